The Morgan fingerprint density at radius 2 is 2.00 bits per heavy atom. The first-order valence-electron chi connectivity index (χ1n) is 6.87. The summed E-state index contributed by atoms with van der Waals surface area (Å²) in [5.41, 5.74) is 0.784. The minimum absolute atomic E-state index is 0. The van der Waals surface area contributed by atoms with Crippen molar-refractivity contribution in [3.63, 3.8) is 0 Å². The summed E-state index contributed by atoms with van der Waals surface area (Å²) in [6, 6.07) is 7.99. The molecule has 24 heavy (non-hydrogen) atoms. The van der Waals surface area contributed by atoms with Gasteiger partial charge in [-0.15, -0.1) is 0 Å². The minimum atomic E-state index is -4.04. The molecule has 1 N–H and O–H groups in total. The Hall–Kier alpha value is -2.13. The molecule has 1 aliphatic heterocycles. The summed E-state index contributed by atoms with van der Waals surface area (Å²) in [6.45, 7) is -0.361. The Bertz CT molecular complexity index is 660. The Morgan fingerprint density at radius 3 is 2.62 bits per heavy atom. The van der Waals surface area contributed by atoms with Gasteiger partial charge in [0.05, 0.1) is 13.2 Å². The number of carbonyl (C=O) groups is 2. The molecule has 0 spiro atoms. The third-order valence-electron chi connectivity index (χ3n) is 3.22. The van der Waals surface area contributed by atoms with Crippen LogP contribution in [0.1, 0.15) is 13.0 Å². The molecule has 8 nitrogen and oxygen atoms in total. The number of esters is 1. The number of hydrogen-bond donors (Lipinski definition) is 1. The van der Waals surface area contributed by atoms with E-state index in [-0.39, 0.29) is 20.5 Å². The van der Waals surface area contributed by atoms with E-state index < -0.39 is 40.1 Å². The fourth-order valence-corrected chi connectivity index (χ4v) is 3.04. The molecule has 2 atom stereocenters. The maximum Gasteiger partial charge on any atom is 0.407 e. The number of nitrogens with one attached hydrogen (secondary N) is 1. The maximum atomic E-state index is 11.9. The summed E-state index contributed by atoms with van der Waals surface area (Å²) < 4.78 is 38.0. The molecule has 2 rings (SSSR count). The van der Waals surface area contributed by atoms with Gasteiger partial charge in [0.25, 0.3) is 10.1 Å². The van der Waals surface area contributed by atoms with Crippen molar-refractivity contribution in [3.05, 3.63) is 35.9 Å². The molecular weight excluding hydrogens is 338 g/mol. The predicted molar refractivity (Wildman–Crippen MR) is 85.8 cm³/mol. The number of methoxy groups -OCH3 is 1. The number of carbonyl (C=O) groups excluding carboxylic acids is 2. The third-order valence-corrected chi connectivity index (χ3v) is 4.38. The van der Waals surface area contributed by atoms with Gasteiger partial charge in [0.1, 0.15) is 12.4 Å². The second kappa shape index (κ2) is 8.65. The van der Waals surface area contributed by atoms with E-state index in [0.717, 1.165) is 12.7 Å². The Morgan fingerprint density at radius 1 is 1.33 bits per heavy atom. The SMILES string of the molecule is C.COC(=O)C1OS(=O)(=O)CCOC(=O)NC1Cc1ccccc1. The highest BCUT2D eigenvalue weighted by atomic mass is 32.2. The van der Waals surface area contributed by atoms with Gasteiger partial charge in [-0.1, -0.05) is 37.8 Å². The molecule has 1 saturated heterocycles. The molecule has 0 saturated carbocycles. The van der Waals surface area contributed by atoms with Crippen molar-refractivity contribution in [1.29, 1.82) is 0 Å². The molecule has 0 bridgehead atoms. The average molecular weight is 359 g/mol. The molecule has 1 aliphatic rings. The van der Waals surface area contributed by atoms with E-state index in [2.05, 4.69) is 10.1 Å². The Kier molecular flexibility index (Phi) is 7.18. The molecule has 1 amide bonds. The van der Waals surface area contributed by atoms with Crippen LogP contribution in [-0.4, -0.2) is 52.1 Å². The Balaban J connectivity index is 0.00000288. The van der Waals surface area contributed by atoms with E-state index in [1.165, 1.54) is 0 Å². The molecule has 2 unspecified atom stereocenters. The van der Waals surface area contributed by atoms with Crippen LogP contribution in [0.3, 0.4) is 0 Å². The normalized spacial score (nSPS) is 23.3. The lowest BCUT2D eigenvalue weighted by Crippen LogP contribution is -2.50. The number of alkyl carbamates (subject to hydrolysis) is 1. The zero-order chi connectivity index (χ0) is 16.9. The lowest BCUT2D eigenvalue weighted by molar-refractivity contribution is -0.149. The van der Waals surface area contributed by atoms with Crippen LogP contribution in [0.15, 0.2) is 30.3 Å². The highest BCUT2D eigenvalue weighted by molar-refractivity contribution is 7.86. The summed E-state index contributed by atoms with van der Waals surface area (Å²) in [7, 11) is -2.92. The van der Waals surface area contributed by atoms with Crippen LogP contribution in [-0.2, 0) is 35.0 Å². The zero-order valence-electron chi connectivity index (χ0n) is 12.4. The summed E-state index contributed by atoms with van der Waals surface area (Å²) in [5.74, 6) is -1.43. The van der Waals surface area contributed by atoms with Crippen LogP contribution < -0.4 is 5.32 Å². The standard InChI is InChI=1S/C14H17NO7S.CH4/c1-20-13(16)12-11(9-10-5-3-2-4-6-10)15-14(17)21-7-8-23(18,19)22-12;/h2-6,11-12H,7-9H2,1H3,(H,15,17);1H4. The molecule has 9 heteroatoms. The van der Waals surface area contributed by atoms with Crippen LogP contribution in [0.5, 0.6) is 0 Å². The smallest absolute Gasteiger partial charge is 0.407 e. The van der Waals surface area contributed by atoms with Crippen molar-refractivity contribution >= 4 is 22.2 Å². The second-order valence-electron chi connectivity index (χ2n) is 4.88. The number of cyclic esters (lactones) is 1. The first kappa shape index (κ1) is 19.9. The predicted octanol–water partition coefficient (Wildman–Crippen LogP) is 0.862. The summed E-state index contributed by atoms with van der Waals surface area (Å²) >= 11 is 0. The third kappa shape index (κ3) is 5.50. The van der Waals surface area contributed by atoms with Crippen molar-refractivity contribution < 1.29 is 31.7 Å². The molecule has 1 aromatic carbocycles. The highest BCUT2D eigenvalue weighted by Gasteiger charge is 2.37. The van der Waals surface area contributed by atoms with Gasteiger partial charge in [-0.3, -0.25) is 4.18 Å². The van der Waals surface area contributed by atoms with Gasteiger partial charge in [-0.2, -0.15) is 8.42 Å². The molecule has 1 heterocycles. The van der Waals surface area contributed by atoms with Gasteiger partial charge in [0, 0.05) is 0 Å². The van der Waals surface area contributed by atoms with E-state index in [0.29, 0.717) is 0 Å². The van der Waals surface area contributed by atoms with Crippen molar-refractivity contribution in [3.8, 4) is 0 Å². The lowest BCUT2D eigenvalue weighted by Gasteiger charge is -2.24. The van der Waals surface area contributed by atoms with Crippen molar-refractivity contribution in [2.75, 3.05) is 19.5 Å². The van der Waals surface area contributed by atoms with Crippen LogP contribution in [0.25, 0.3) is 0 Å². The van der Waals surface area contributed by atoms with E-state index in [9.17, 15) is 18.0 Å². The minimum Gasteiger partial charge on any atom is -0.467 e. The molecule has 1 aromatic rings. The van der Waals surface area contributed by atoms with Crippen molar-refractivity contribution in [2.24, 2.45) is 0 Å². The Labute approximate surface area is 141 Å². The summed E-state index contributed by atoms with van der Waals surface area (Å²) in [4.78, 5) is 23.7. The average Bonchev–Trinajstić information content (AvgIpc) is 2.56. The topological polar surface area (TPSA) is 108 Å². The van der Waals surface area contributed by atoms with Gasteiger partial charge in [-0.05, 0) is 12.0 Å². The van der Waals surface area contributed by atoms with Gasteiger partial charge < -0.3 is 14.8 Å². The van der Waals surface area contributed by atoms with E-state index >= 15 is 0 Å². The van der Waals surface area contributed by atoms with Gasteiger partial charge >= 0.3 is 12.1 Å². The fourth-order valence-electron chi connectivity index (χ4n) is 2.12. The van der Waals surface area contributed by atoms with Gasteiger partial charge in [0.15, 0.2) is 6.10 Å². The van der Waals surface area contributed by atoms with E-state index in [1.807, 2.05) is 6.07 Å². The first-order valence-corrected chi connectivity index (χ1v) is 8.45. The number of rotatable bonds is 3. The number of ether oxygens (including phenoxy) is 2. The van der Waals surface area contributed by atoms with Crippen LogP contribution in [0, 0.1) is 0 Å². The van der Waals surface area contributed by atoms with E-state index in [1.54, 1.807) is 24.3 Å². The quantitative estimate of drug-likeness (QED) is 0.630. The van der Waals surface area contributed by atoms with Crippen molar-refractivity contribution in [2.45, 2.75) is 26.0 Å². The first-order chi connectivity index (χ1) is 10.9. The monoisotopic (exact) mass is 359 g/mol. The molecule has 134 valence electrons. The second-order valence-corrected chi connectivity index (χ2v) is 6.59. The molecule has 0 aromatic heterocycles. The summed E-state index contributed by atoms with van der Waals surface area (Å²) in [6.07, 6.45) is -2.14. The van der Waals surface area contributed by atoms with Gasteiger partial charge in [-0.25, -0.2) is 9.59 Å². The number of hydrogen-bond acceptors (Lipinski definition) is 7. The largest absolute Gasteiger partial charge is 0.467 e. The van der Waals surface area contributed by atoms with Crippen LogP contribution in [0.2, 0.25) is 0 Å². The molecule has 0 radical (unpaired) electrons. The lowest BCUT2D eigenvalue weighted by atomic mass is 10.0. The van der Waals surface area contributed by atoms with Gasteiger partial charge in [0.2, 0.25) is 0 Å². The fraction of sp³-hybridized carbons (Fsp3) is 0.467. The molecule has 0 aliphatic carbocycles. The van der Waals surface area contributed by atoms with Crippen LogP contribution in [0.4, 0.5) is 4.79 Å². The molecular formula is C15H21NO7S. The zero-order valence-corrected chi connectivity index (χ0v) is 13.2. The maximum absolute atomic E-state index is 11.9. The van der Waals surface area contributed by atoms with Crippen LogP contribution >= 0.6 is 0 Å². The number of benzene rings is 1. The summed E-state index contributed by atoms with van der Waals surface area (Å²) in [5, 5.41) is 2.46. The number of amides is 1. The molecule has 1 fully saturated rings. The van der Waals surface area contributed by atoms with E-state index in [4.69, 9.17) is 8.92 Å². The highest BCUT2D eigenvalue weighted by Crippen LogP contribution is 2.15. The van der Waals surface area contributed by atoms with Crippen molar-refractivity contribution in [1.82, 2.24) is 5.32 Å².